The van der Waals surface area contributed by atoms with Gasteiger partial charge in [-0.1, -0.05) is 70.1 Å². The van der Waals surface area contributed by atoms with Crippen LogP contribution in [0.15, 0.2) is 24.3 Å². The van der Waals surface area contributed by atoms with Crippen LogP contribution >= 0.6 is 70.6 Å². The summed E-state index contributed by atoms with van der Waals surface area (Å²) in [7, 11) is 0. The van der Waals surface area contributed by atoms with E-state index in [1.807, 2.05) is 0 Å². The average Bonchev–Trinajstić information content (AvgIpc) is 2.51. The van der Waals surface area contributed by atoms with Crippen LogP contribution in [-0.2, 0) is 0 Å². The Kier molecular flexibility index (Phi) is 5.81. The number of rotatable bonds is 3. The van der Waals surface area contributed by atoms with Crippen molar-refractivity contribution in [2.75, 3.05) is 0 Å². The molecule has 2 rings (SSSR count). The topological polar surface area (TPSA) is 37.3 Å². The Labute approximate surface area is 157 Å². The largest absolute Gasteiger partial charge is 0.478 e. The molecule has 1 atom stereocenters. The van der Waals surface area contributed by atoms with Gasteiger partial charge in [-0.15, -0.1) is 0 Å². The first-order chi connectivity index (χ1) is 10.3. The summed E-state index contributed by atoms with van der Waals surface area (Å²) in [6.07, 6.45) is 0. The van der Waals surface area contributed by atoms with Gasteiger partial charge in [0.15, 0.2) is 0 Å². The van der Waals surface area contributed by atoms with E-state index in [9.17, 15) is 4.79 Å². The normalized spacial score (nSPS) is 12.3. The molecule has 2 aromatic rings. The molecule has 0 bridgehead atoms. The molecule has 0 aromatic heterocycles. The maximum atomic E-state index is 10.9. The van der Waals surface area contributed by atoms with Crippen LogP contribution in [0.5, 0.6) is 0 Å². The van der Waals surface area contributed by atoms with Crippen molar-refractivity contribution >= 4 is 76.6 Å². The second-order valence-corrected chi connectivity index (χ2v) is 6.72. The fourth-order valence-corrected chi connectivity index (χ4v) is 3.79. The maximum Gasteiger partial charge on any atom is 0.335 e. The number of carbonyl (C=O) groups is 1. The first-order valence-corrected chi connectivity index (χ1v) is 8.19. The summed E-state index contributed by atoms with van der Waals surface area (Å²) >= 11 is 34.9. The Bertz CT molecular complexity index is 717. The van der Waals surface area contributed by atoms with Gasteiger partial charge in [0, 0.05) is 5.56 Å². The number of thiol groups is 1. The first kappa shape index (κ1) is 18.1. The standard InChI is InChI=1S/C14H7Cl5O2S/c15-8-7(9(16)11(18)12(19)10(8)17)13(22)5-1-3-6(4-2-5)14(20)21/h1-4,13,22H,(H,20,21). The summed E-state index contributed by atoms with van der Waals surface area (Å²) in [5.41, 5.74) is 1.26. The lowest BCUT2D eigenvalue weighted by molar-refractivity contribution is 0.0697. The fourth-order valence-electron chi connectivity index (χ4n) is 1.84. The third-order valence-corrected chi connectivity index (χ3v) is 5.85. The molecule has 1 unspecified atom stereocenters. The van der Waals surface area contributed by atoms with Gasteiger partial charge < -0.3 is 5.11 Å². The third kappa shape index (κ3) is 3.30. The third-order valence-electron chi connectivity index (χ3n) is 2.99. The van der Waals surface area contributed by atoms with Crippen molar-refractivity contribution in [2.45, 2.75) is 5.25 Å². The Morgan fingerprint density at radius 3 is 1.68 bits per heavy atom. The Hall–Kier alpha value is -0.290. The van der Waals surface area contributed by atoms with Crippen molar-refractivity contribution in [2.24, 2.45) is 0 Å². The molecule has 22 heavy (non-hydrogen) atoms. The van der Waals surface area contributed by atoms with Gasteiger partial charge in [-0.25, -0.2) is 4.79 Å². The van der Waals surface area contributed by atoms with Gasteiger partial charge in [-0.3, -0.25) is 0 Å². The second-order valence-electron chi connectivity index (χ2n) is 4.31. The molecule has 0 radical (unpaired) electrons. The van der Waals surface area contributed by atoms with E-state index >= 15 is 0 Å². The Balaban J connectivity index is 2.54. The summed E-state index contributed by atoms with van der Waals surface area (Å²) in [5.74, 6) is -1.02. The van der Waals surface area contributed by atoms with Crippen LogP contribution in [0.3, 0.4) is 0 Å². The van der Waals surface area contributed by atoms with Crippen molar-refractivity contribution in [1.82, 2.24) is 0 Å². The van der Waals surface area contributed by atoms with E-state index in [4.69, 9.17) is 63.1 Å². The molecule has 0 spiro atoms. The molecule has 0 saturated heterocycles. The minimum atomic E-state index is -1.02. The van der Waals surface area contributed by atoms with Crippen LogP contribution in [0.25, 0.3) is 0 Å². The van der Waals surface area contributed by atoms with E-state index < -0.39 is 11.2 Å². The van der Waals surface area contributed by atoms with Crippen LogP contribution in [0.1, 0.15) is 26.7 Å². The SMILES string of the molecule is O=C(O)c1ccc(C(S)c2c(Cl)c(Cl)c(Cl)c(Cl)c2Cl)cc1. The van der Waals surface area contributed by atoms with E-state index in [-0.39, 0.29) is 30.7 Å². The molecule has 2 nitrogen and oxygen atoms in total. The molecule has 0 saturated carbocycles. The van der Waals surface area contributed by atoms with Gasteiger partial charge in [0.25, 0.3) is 0 Å². The highest BCUT2D eigenvalue weighted by molar-refractivity contribution is 7.80. The van der Waals surface area contributed by atoms with Gasteiger partial charge >= 0.3 is 5.97 Å². The van der Waals surface area contributed by atoms with Gasteiger partial charge in [-0.05, 0) is 17.7 Å². The summed E-state index contributed by atoms with van der Waals surface area (Å²) in [6.45, 7) is 0. The molecule has 116 valence electrons. The minimum Gasteiger partial charge on any atom is -0.478 e. The quantitative estimate of drug-likeness (QED) is 0.333. The smallest absolute Gasteiger partial charge is 0.335 e. The van der Waals surface area contributed by atoms with Crippen molar-refractivity contribution in [3.05, 3.63) is 66.1 Å². The van der Waals surface area contributed by atoms with Crippen molar-refractivity contribution in [1.29, 1.82) is 0 Å². The van der Waals surface area contributed by atoms with Gasteiger partial charge in [0.2, 0.25) is 0 Å². The molecule has 0 amide bonds. The van der Waals surface area contributed by atoms with Gasteiger partial charge in [-0.2, -0.15) is 12.6 Å². The Morgan fingerprint density at radius 2 is 1.27 bits per heavy atom. The van der Waals surface area contributed by atoms with Crippen LogP contribution in [0.2, 0.25) is 25.1 Å². The van der Waals surface area contributed by atoms with E-state index in [1.165, 1.54) is 12.1 Å². The van der Waals surface area contributed by atoms with Crippen LogP contribution in [0.4, 0.5) is 0 Å². The number of carboxylic acid groups (broad SMARTS) is 1. The van der Waals surface area contributed by atoms with E-state index in [2.05, 4.69) is 12.6 Å². The molecule has 0 heterocycles. The number of hydrogen-bond acceptors (Lipinski definition) is 2. The second kappa shape index (κ2) is 7.08. The fraction of sp³-hybridized carbons (Fsp3) is 0.0714. The molecular weight excluding hydrogens is 409 g/mol. The predicted molar refractivity (Wildman–Crippen MR) is 95.7 cm³/mol. The Morgan fingerprint density at radius 1 is 0.864 bits per heavy atom. The van der Waals surface area contributed by atoms with Crippen molar-refractivity contribution in [3.8, 4) is 0 Å². The van der Waals surface area contributed by atoms with Crippen molar-refractivity contribution < 1.29 is 9.90 Å². The summed E-state index contributed by atoms with van der Waals surface area (Å²) < 4.78 is 0. The predicted octanol–water partition coefficient (Wildman–Crippen LogP) is 6.67. The highest BCUT2D eigenvalue weighted by atomic mass is 35.5. The number of benzene rings is 2. The zero-order valence-corrected chi connectivity index (χ0v) is 15.3. The molecule has 0 aliphatic heterocycles. The maximum absolute atomic E-state index is 10.9. The lowest BCUT2D eigenvalue weighted by Crippen LogP contribution is -2.00. The van der Waals surface area contributed by atoms with Crippen molar-refractivity contribution in [3.63, 3.8) is 0 Å². The molecule has 1 N–H and O–H groups in total. The number of carboxylic acids is 1. The van der Waals surface area contributed by atoms with Crippen LogP contribution in [-0.4, -0.2) is 11.1 Å². The van der Waals surface area contributed by atoms with Gasteiger partial charge in [0.1, 0.15) is 0 Å². The zero-order chi connectivity index (χ0) is 16.6. The van der Waals surface area contributed by atoms with E-state index in [0.717, 1.165) is 0 Å². The lowest BCUT2D eigenvalue weighted by Gasteiger charge is -2.18. The highest BCUT2D eigenvalue weighted by Crippen LogP contribution is 2.48. The highest BCUT2D eigenvalue weighted by Gasteiger charge is 2.24. The monoisotopic (exact) mass is 414 g/mol. The van der Waals surface area contributed by atoms with Gasteiger partial charge in [0.05, 0.1) is 35.9 Å². The molecule has 8 heteroatoms. The number of aromatic carboxylic acids is 1. The molecule has 2 aromatic carbocycles. The average molecular weight is 417 g/mol. The van der Waals surface area contributed by atoms with Crippen LogP contribution < -0.4 is 0 Å². The zero-order valence-electron chi connectivity index (χ0n) is 10.6. The first-order valence-electron chi connectivity index (χ1n) is 5.78. The molecule has 0 fully saturated rings. The molecule has 0 aliphatic rings. The summed E-state index contributed by atoms with van der Waals surface area (Å²) in [4.78, 5) is 10.9. The van der Waals surface area contributed by atoms with E-state index in [0.29, 0.717) is 11.1 Å². The molecular formula is C14H7Cl5O2S. The minimum absolute atomic E-state index is 0.0730. The van der Waals surface area contributed by atoms with Crippen LogP contribution in [0, 0.1) is 0 Å². The summed E-state index contributed by atoms with van der Waals surface area (Å²) in [6, 6.07) is 6.15. The number of hydrogen-bond donors (Lipinski definition) is 2. The van der Waals surface area contributed by atoms with E-state index in [1.54, 1.807) is 12.1 Å². The summed E-state index contributed by atoms with van der Waals surface area (Å²) in [5, 5.41) is 8.93. The molecule has 0 aliphatic carbocycles. The number of halogens is 5. The lowest BCUT2D eigenvalue weighted by atomic mass is 10.0.